The minimum atomic E-state index is -3.06. The zero-order valence-electron chi connectivity index (χ0n) is 10.0. The van der Waals surface area contributed by atoms with Gasteiger partial charge in [0.1, 0.15) is 5.75 Å². The minimum Gasteiger partial charge on any atom is -0.384 e. The lowest BCUT2D eigenvalue weighted by Crippen LogP contribution is -2.20. The second-order valence-corrected chi connectivity index (χ2v) is 4.86. The molecule has 0 atom stereocenters. The van der Waals surface area contributed by atoms with Gasteiger partial charge in [0.15, 0.2) is 11.6 Å². The van der Waals surface area contributed by atoms with Gasteiger partial charge in [-0.1, -0.05) is 24.3 Å². The molecular formula is C14H8O5S. The van der Waals surface area contributed by atoms with Crippen LogP contribution in [-0.2, 0) is 11.0 Å². The van der Waals surface area contributed by atoms with E-state index in [1.54, 1.807) is 24.3 Å². The Morgan fingerprint density at radius 3 is 1.90 bits per heavy atom. The lowest BCUT2D eigenvalue weighted by Gasteiger charge is -2.17. The molecule has 1 aliphatic rings. The average Bonchev–Trinajstić information content (AvgIpc) is 2.44. The van der Waals surface area contributed by atoms with Crippen LogP contribution in [0.4, 0.5) is 0 Å². The molecule has 0 aliphatic heterocycles. The lowest BCUT2D eigenvalue weighted by atomic mass is 9.84. The molecule has 0 bridgehead atoms. The van der Waals surface area contributed by atoms with Crippen LogP contribution in [0.1, 0.15) is 31.8 Å². The van der Waals surface area contributed by atoms with Crippen molar-refractivity contribution in [1.29, 1.82) is 0 Å². The van der Waals surface area contributed by atoms with E-state index < -0.39 is 11.0 Å². The first-order chi connectivity index (χ1) is 9.58. The van der Waals surface area contributed by atoms with E-state index in [-0.39, 0.29) is 28.4 Å². The van der Waals surface area contributed by atoms with E-state index in [0.717, 1.165) is 0 Å². The van der Waals surface area contributed by atoms with E-state index in [4.69, 9.17) is 0 Å². The Labute approximate surface area is 116 Å². The van der Waals surface area contributed by atoms with E-state index in [1.165, 1.54) is 18.2 Å². The Morgan fingerprint density at radius 2 is 1.30 bits per heavy atom. The van der Waals surface area contributed by atoms with Crippen molar-refractivity contribution in [3.05, 3.63) is 64.7 Å². The Bertz CT molecular complexity index is 812. The molecule has 5 nitrogen and oxygen atoms in total. The summed E-state index contributed by atoms with van der Waals surface area (Å²) in [5, 5.41) is 0. The molecule has 0 saturated heterocycles. The van der Waals surface area contributed by atoms with Crippen molar-refractivity contribution in [1.82, 2.24) is 0 Å². The molecule has 0 saturated carbocycles. The molecule has 0 fully saturated rings. The summed E-state index contributed by atoms with van der Waals surface area (Å²) >= 11 is 0. The van der Waals surface area contributed by atoms with Crippen LogP contribution < -0.4 is 4.18 Å². The van der Waals surface area contributed by atoms with Crippen molar-refractivity contribution in [2.24, 2.45) is 0 Å². The molecule has 3 rings (SSSR count). The van der Waals surface area contributed by atoms with Crippen molar-refractivity contribution < 1.29 is 22.2 Å². The molecule has 2 aromatic rings. The van der Waals surface area contributed by atoms with Gasteiger partial charge in [-0.25, -0.2) is 0 Å². The van der Waals surface area contributed by atoms with E-state index in [9.17, 15) is 18.0 Å². The standard InChI is InChI=1S/C14H8O5S/c15-13-9-3-1-2-4-10(9)14(16)12-7-8(19-20(17)18)5-6-11(12)13/h1-7,20H. The van der Waals surface area contributed by atoms with Crippen LogP contribution in [0, 0.1) is 0 Å². The maximum atomic E-state index is 12.3. The normalized spacial score (nSPS) is 13.1. The number of benzene rings is 2. The SMILES string of the molecule is O=C1c2ccccc2C(=O)c2cc(O[SH](=O)=O)ccc21. The zero-order chi connectivity index (χ0) is 14.3. The number of ketones is 2. The molecule has 6 heteroatoms. The summed E-state index contributed by atoms with van der Waals surface area (Å²) in [5.74, 6) is -0.560. The monoisotopic (exact) mass is 288 g/mol. The molecule has 100 valence electrons. The van der Waals surface area contributed by atoms with Gasteiger partial charge in [-0.15, -0.1) is 0 Å². The zero-order valence-corrected chi connectivity index (χ0v) is 10.9. The Kier molecular flexibility index (Phi) is 2.87. The van der Waals surface area contributed by atoms with Gasteiger partial charge in [0.2, 0.25) is 0 Å². The molecular weight excluding hydrogens is 280 g/mol. The van der Waals surface area contributed by atoms with Crippen LogP contribution in [0.15, 0.2) is 42.5 Å². The van der Waals surface area contributed by atoms with Crippen LogP contribution in [0.25, 0.3) is 0 Å². The first-order valence-electron chi connectivity index (χ1n) is 5.73. The molecule has 0 amide bonds. The summed E-state index contributed by atoms with van der Waals surface area (Å²) in [5.41, 5.74) is 1.08. The third-order valence-electron chi connectivity index (χ3n) is 3.08. The average molecular weight is 288 g/mol. The summed E-state index contributed by atoms with van der Waals surface area (Å²) in [4.78, 5) is 24.6. The molecule has 20 heavy (non-hydrogen) atoms. The molecule has 1 aliphatic carbocycles. The Balaban J connectivity index is 2.18. The highest BCUT2D eigenvalue weighted by Crippen LogP contribution is 2.29. The largest absolute Gasteiger partial charge is 0.384 e. The number of rotatable bonds is 2. The fourth-order valence-electron chi connectivity index (χ4n) is 2.22. The molecule has 0 aromatic heterocycles. The van der Waals surface area contributed by atoms with Gasteiger partial charge in [0.25, 0.3) is 11.0 Å². The number of hydrogen-bond donors (Lipinski definition) is 1. The summed E-state index contributed by atoms with van der Waals surface area (Å²) in [6.45, 7) is 0. The molecule has 0 radical (unpaired) electrons. The van der Waals surface area contributed by atoms with Gasteiger partial charge in [0.05, 0.1) is 0 Å². The summed E-state index contributed by atoms with van der Waals surface area (Å²) in [6.07, 6.45) is 0. The molecule has 0 heterocycles. The van der Waals surface area contributed by atoms with Gasteiger partial charge < -0.3 is 4.18 Å². The van der Waals surface area contributed by atoms with Crippen LogP contribution in [0.5, 0.6) is 5.75 Å². The second kappa shape index (κ2) is 4.57. The molecule has 2 aromatic carbocycles. The number of carbonyl (C=O) groups is 2. The first kappa shape index (κ1) is 12.6. The number of fused-ring (bicyclic) bond motifs is 2. The van der Waals surface area contributed by atoms with Crippen LogP contribution >= 0.6 is 0 Å². The van der Waals surface area contributed by atoms with Gasteiger partial charge in [-0.2, -0.15) is 8.42 Å². The van der Waals surface area contributed by atoms with Crippen molar-refractivity contribution in [3.63, 3.8) is 0 Å². The lowest BCUT2D eigenvalue weighted by molar-refractivity contribution is 0.0979. The minimum absolute atomic E-state index is 0.0143. The van der Waals surface area contributed by atoms with Gasteiger partial charge in [-0.3, -0.25) is 9.59 Å². The van der Waals surface area contributed by atoms with Crippen LogP contribution in [0.3, 0.4) is 0 Å². The third kappa shape index (κ3) is 1.90. The predicted molar refractivity (Wildman–Crippen MR) is 70.7 cm³/mol. The first-order valence-corrected chi connectivity index (χ1v) is 6.82. The van der Waals surface area contributed by atoms with Crippen molar-refractivity contribution in [2.45, 2.75) is 0 Å². The quantitative estimate of drug-likeness (QED) is 0.721. The fourth-order valence-corrected chi connectivity index (χ4v) is 2.51. The summed E-state index contributed by atoms with van der Waals surface area (Å²) in [7, 11) is -3.06. The highest BCUT2D eigenvalue weighted by atomic mass is 32.2. The number of hydrogen-bond acceptors (Lipinski definition) is 5. The second-order valence-electron chi connectivity index (χ2n) is 4.23. The number of thiol groups is 1. The highest BCUT2D eigenvalue weighted by molar-refractivity contribution is 7.67. The van der Waals surface area contributed by atoms with Gasteiger partial charge in [0, 0.05) is 22.3 Å². The predicted octanol–water partition coefficient (Wildman–Crippen LogP) is 1.37. The fraction of sp³-hybridized carbons (Fsp3) is 0. The van der Waals surface area contributed by atoms with Crippen molar-refractivity contribution in [3.8, 4) is 5.75 Å². The van der Waals surface area contributed by atoms with E-state index >= 15 is 0 Å². The van der Waals surface area contributed by atoms with Crippen LogP contribution in [0.2, 0.25) is 0 Å². The van der Waals surface area contributed by atoms with Crippen LogP contribution in [-0.4, -0.2) is 20.0 Å². The Hall–Kier alpha value is -2.47. The summed E-state index contributed by atoms with van der Waals surface area (Å²) < 4.78 is 25.6. The molecule has 0 spiro atoms. The van der Waals surface area contributed by atoms with E-state index in [0.29, 0.717) is 11.1 Å². The molecule has 0 N–H and O–H groups in total. The summed E-state index contributed by atoms with van der Waals surface area (Å²) in [6, 6.07) is 10.6. The maximum Gasteiger partial charge on any atom is 0.299 e. The topological polar surface area (TPSA) is 77.5 Å². The maximum absolute atomic E-state index is 12.3. The smallest absolute Gasteiger partial charge is 0.299 e. The van der Waals surface area contributed by atoms with Gasteiger partial charge >= 0.3 is 0 Å². The highest BCUT2D eigenvalue weighted by Gasteiger charge is 2.29. The van der Waals surface area contributed by atoms with Crippen molar-refractivity contribution in [2.75, 3.05) is 0 Å². The molecule has 0 unspecified atom stereocenters. The van der Waals surface area contributed by atoms with Crippen molar-refractivity contribution >= 4 is 22.6 Å². The van der Waals surface area contributed by atoms with Gasteiger partial charge in [-0.05, 0) is 18.2 Å². The third-order valence-corrected chi connectivity index (χ3v) is 3.44. The van der Waals surface area contributed by atoms with E-state index in [1.807, 2.05) is 0 Å². The number of carbonyl (C=O) groups excluding carboxylic acids is 2. The Morgan fingerprint density at radius 1 is 0.750 bits per heavy atom. The van der Waals surface area contributed by atoms with E-state index in [2.05, 4.69) is 4.18 Å².